The first-order valence-corrected chi connectivity index (χ1v) is 6.84. The summed E-state index contributed by atoms with van der Waals surface area (Å²) in [6, 6.07) is 4.92. The molecule has 0 aromatic heterocycles. The lowest BCUT2D eigenvalue weighted by molar-refractivity contribution is -0.137. The fraction of sp³-hybridized carbons (Fsp3) is 0.385. The van der Waals surface area contributed by atoms with Crippen LogP contribution >= 0.6 is 15.9 Å². The second kappa shape index (κ2) is 5.61. The molecule has 0 bridgehead atoms. The molecule has 5 nitrogen and oxygen atoms in total. The van der Waals surface area contributed by atoms with Crippen molar-refractivity contribution < 1.29 is 14.7 Å². The maximum absolute atomic E-state index is 11.1. The molecule has 19 heavy (non-hydrogen) atoms. The van der Waals surface area contributed by atoms with Gasteiger partial charge in [0.2, 0.25) is 5.91 Å². The van der Waals surface area contributed by atoms with Gasteiger partial charge >= 0.3 is 5.97 Å². The minimum absolute atomic E-state index is 0.0757. The highest BCUT2D eigenvalue weighted by molar-refractivity contribution is 9.10. The number of carbonyl (C=O) groups is 2. The van der Waals surface area contributed by atoms with Crippen LogP contribution in [0, 0.1) is 5.92 Å². The highest BCUT2D eigenvalue weighted by Crippen LogP contribution is 2.37. The summed E-state index contributed by atoms with van der Waals surface area (Å²) in [5.41, 5.74) is 6.40. The third-order valence-electron chi connectivity index (χ3n) is 3.18. The molecular weight excluding hydrogens is 312 g/mol. The van der Waals surface area contributed by atoms with Crippen LogP contribution in [-0.4, -0.2) is 23.0 Å². The zero-order valence-electron chi connectivity index (χ0n) is 10.2. The lowest BCUT2D eigenvalue weighted by atomic mass is 10.1. The van der Waals surface area contributed by atoms with Crippen molar-refractivity contribution in [1.82, 2.24) is 0 Å². The molecule has 1 unspecified atom stereocenters. The molecule has 1 amide bonds. The SMILES string of the molecule is NC(=O)c1ccc(NC(CC(=O)O)C2CC2)c(Br)c1. The van der Waals surface area contributed by atoms with Crippen molar-refractivity contribution in [3.05, 3.63) is 28.2 Å². The fourth-order valence-corrected chi connectivity index (χ4v) is 2.50. The number of carboxylic acid groups (broad SMARTS) is 1. The summed E-state index contributed by atoms with van der Waals surface area (Å²) in [6.45, 7) is 0. The lowest BCUT2D eigenvalue weighted by Crippen LogP contribution is -2.25. The molecule has 2 rings (SSSR count). The maximum Gasteiger partial charge on any atom is 0.305 e. The largest absolute Gasteiger partial charge is 0.481 e. The quantitative estimate of drug-likeness (QED) is 0.747. The number of primary amides is 1. The number of benzene rings is 1. The van der Waals surface area contributed by atoms with Crippen LogP contribution in [0.1, 0.15) is 29.6 Å². The molecule has 0 radical (unpaired) electrons. The van der Waals surface area contributed by atoms with Crippen molar-refractivity contribution in [1.29, 1.82) is 0 Å². The topological polar surface area (TPSA) is 92.4 Å². The van der Waals surface area contributed by atoms with Gasteiger partial charge in [-0.25, -0.2) is 0 Å². The zero-order valence-corrected chi connectivity index (χ0v) is 11.8. The van der Waals surface area contributed by atoms with Gasteiger partial charge in [-0.3, -0.25) is 9.59 Å². The zero-order chi connectivity index (χ0) is 14.0. The molecule has 1 atom stereocenters. The van der Waals surface area contributed by atoms with E-state index in [1.54, 1.807) is 18.2 Å². The Balaban J connectivity index is 2.12. The molecule has 1 aliphatic rings. The van der Waals surface area contributed by atoms with Crippen molar-refractivity contribution in [3.8, 4) is 0 Å². The standard InChI is InChI=1S/C13H15BrN2O3/c14-9-5-8(13(15)19)3-4-10(9)16-11(6-12(17)18)7-1-2-7/h3-5,7,11,16H,1-2,6H2,(H2,15,19)(H,17,18). The van der Waals surface area contributed by atoms with Gasteiger partial charge < -0.3 is 16.2 Å². The summed E-state index contributed by atoms with van der Waals surface area (Å²) in [6.07, 6.45) is 2.21. The molecule has 0 aliphatic heterocycles. The molecular formula is C13H15BrN2O3. The molecule has 0 saturated heterocycles. The number of amides is 1. The number of carbonyl (C=O) groups excluding carboxylic acids is 1. The summed E-state index contributed by atoms with van der Waals surface area (Å²) < 4.78 is 0.708. The van der Waals surface area contributed by atoms with E-state index in [0.29, 0.717) is 16.0 Å². The van der Waals surface area contributed by atoms with Gasteiger partial charge in [-0.15, -0.1) is 0 Å². The number of anilines is 1. The Morgan fingerprint density at radius 2 is 2.16 bits per heavy atom. The van der Waals surface area contributed by atoms with Crippen LogP contribution in [0.4, 0.5) is 5.69 Å². The van der Waals surface area contributed by atoms with E-state index >= 15 is 0 Å². The average molecular weight is 327 g/mol. The van der Waals surface area contributed by atoms with Gasteiger partial charge in [0.15, 0.2) is 0 Å². The first kappa shape index (κ1) is 13.9. The Bertz CT molecular complexity index is 515. The van der Waals surface area contributed by atoms with E-state index in [2.05, 4.69) is 21.2 Å². The van der Waals surface area contributed by atoms with Gasteiger partial charge in [-0.05, 0) is 52.9 Å². The normalized spacial score (nSPS) is 15.8. The Morgan fingerprint density at radius 3 is 2.63 bits per heavy atom. The Morgan fingerprint density at radius 1 is 1.47 bits per heavy atom. The van der Waals surface area contributed by atoms with Gasteiger partial charge in [0, 0.05) is 21.8 Å². The van der Waals surface area contributed by atoms with Gasteiger partial charge in [0.1, 0.15) is 0 Å². The van der Waals surface area contributed by atoms with Crippen LogP contribution in [-0.2, 0) is 4.79 Å². The summed E-state index contributed by atoms with van der Waals surface area (Å²) in [5, 5.41) is 12.1. The number of nitrogens with one attached hydrogen (secondary N) is 1. The number of carboxylic acids is 1. The molecule has 4 N–H and O–H groups in total. The van der Waals surface area contributed by atoms with Crippen LogP contribution in [0.2, 0.25) is 0 Å². The predicted molar refractivity (Wildman–Crippen MR) is 75.0 cm³/mol. The number of halogens is 1. The van der Waals surface area contributed by atoms with Crippen LogP contribution in [0.15, 0.2) is 22.7 Å². The third kappa shape index (κ3) is 3.70. The van der Waals surface area contributed by atoms with Crippen LogP contribution in [0.3, 0.4) is 0 Å². The smallest absolute Gasteiger partial charge is 0.305 e. The second-order valence-corrected chi connectivity index (χ2v) is 5.60. The Labute approximate surface area is 119 Å². The Hall–Kier alpha value is -1.56. The highest BCUT2D eigenvalue weighted by Gasteiger charge is 2.32. The fourth-order valence-electron chi connectivity index (χ4n) is 2.01. The number of aliphatic carboxylic acids is 1. The highest BCUT2D eigenvalue weighted by atomic mass is 79.9. The number of rotatable bonds is 6. The number of hydrogen-bond donors (Lipinski definition) is 3. The summed E-state index contributed by atoms with van der Waals surface area (Å²) in [5.74, 6) is -0.885. The van der Waals surface area contributed by atoms with E-state index < -0.39 is 11.9 Å². The van der Waals surface area contributed by atoms with Crippen LogP contribution in [0.5, 0.6) is 0 Å². The van der Waals surface area contributed by atoms with E-state index in [1.807, 2.05) is 0 Å². The maximum atomic E-state index is 11.1. The summed E-state index contributed by atoms with van der Waals surface area (Å²) in [4.78, 5) is 21.9. The van der Waals surface area contributed by atoms with E-state index in [9.17, 15) is 9.59 Å². The second-order valence-electron chi connectivity index (χ2n) is 4.74. The molecule has 102 valence electrons. The minimum atomic E-state index is -0.811. The molecule has 0 spiro atoms. The summed E-state index contributed by atoms with van der Waals surface area (Å²) >= 11 is 3.36. The van der Waals surface area contributed by atoms with E-state index in [1.165, 1.54) is 0 Å². The molecule has 1 fully saturated rings. The molecule has 1 aliphatic carbocycles. The lowest BCUT2D eigenvalue weighted by Gasteiger charge is -2.19. The van der Waals surface area contributed by atoms with Crippen molar-refractivity contribution in [2.24, 2.45) is 11.7 Å². The molecule has 6 heteroatoms. The van der Waals surface area contributed by atoms with Crippen molar-refractivity contribution in [2.45, 2.75) is 25.3 Å². The first-order valence-electron chi connectivity index (χ1n) is 6.05. The van der Waals surface area contributed by atoms with Gasteiger partial charge in [0.05, 0.1) is 6.42 Å². The molecule has 1 aromatic carbocycles. The molecule has 1 aromatic rings. The van der Waals surface area contributed by atoms with Crippen LogP contribution in [0.25, 0.3) is 0 Å². The monoisotopic (exact) mass is 326 g/mol. The van der Waals surface area contributed by atoms with Crippen molar-refractivity contribution in [2.75, 3.05) is 5.32 Å². The van der Waals surface area contributed by atoms with Gasteiger partial charge in [0.25, 0.3) is 0 Å². The molecule has 1 saturated carbocycles. The van der Waals surface area contributed by atoms with Crippen molar-refractivity contribution >= 4 is 33.5 Å². The summed E-state index contributed by atoms with van der Waals surface area (Å²) in [7, 11) is 0. The van der Waals surface area contributed by atoms with E-state index in [0.717, 1.165) is 18.5 Å². The predicted octanol–water partition coefficient (Wildman–Crippen LogP) is 2.21. The first-order chi connectivity index (χ1) is 8.97. The average Bonchev–Trinajstić information content (AvgIpc) is 3.13. The van der Waals surface area contributed by atoms with Crippen molar-refractivity contribution in [3.63, 3.8) is 0 Å². The van der Waals surface area contributed by atoms with E-state index in [4.69, 9.17) is 10.8 Å². The van der Waals surface area contributed by atoms with E-state index in [-0.39, 0.29) is 12.5 Å². The number of nitrogens with two attached hydrogens (primary N) is 1. The minimum Gasteiger partial charge on any atom is -0.481 e. The Kier molecular flexibility index (Phi) is 4.09. The third-order valence-corrected chi connectivity index (χ3v) is 3.84. The van der Waals surface area contributed by atoms with Crippen LogP contribution < -0.4 is 11.1 Å². The number of hydrogen-bond acceptors (Lipinski definition) is 3. The molecule has 0 heterocycles. The van der Waals surface area contributed by atoms with Gasteiger partial charge in [-0.1, -0.05) is 0 Å². The van der Waals surface area contributed by atoms with Gasteiger partial charge in [-0.2, -0.15) is 0 Å².